The third kappa shape index (κ3) is 6.42. The summed E-state index contributed by atoms with van der Waals surface area (Å²) in [5.74, 6) is 0.607. The van der Waals surface area contributed by atoms with Gasteiger partial charge in [-0.05, 0) is 133 Å². The highest BCUT2D eigenvalue weighted by molar-refractivity contribution is 6.06. The zero-order chi connectivity index (χ0) is 46.9. The molecule has 3 atom stereocenters. The number of hydrogen-bond donors (Lipinski definition) is 0. The van der Waals surface area contributed by atoms with E-state index in [2.05, 4.69) is 289 Å². The van der Waals surface area contributed by atoms with Gasteiger partial charge in [-0.2, -0.15) is 0 Å². The number of anilines is 6. The van der Waals surface area contributed by atoms with E-state index in [9.17, 15) is 0 Å². The van der Waals surface area contributed by atoms with E-state index in [1.807, 2.05) is 0 Å². The smallest absolute Gasteiger partial charge is 0.0732 e. The van der Waals surface area contributed by atoms with Crippen LogP contribution in [0.4, 0.5) is 34.1 Å². The van der Waals surface area contributed by atoms with Gasteiger partial charge < -0.3 is 9.80 Å². The van der Waals surface area contributed by atoms with Crippen LogP contribution >= 0.6 is 0 Å². The van der Waals surface area contributed by atoms with Crippen molar-refractivity contribution in [2.75, 3.05) is 9.80 Å². The van der Waals surface area contributed by atoms with Crippen molar-refractivity contribution < 1.29 is 0 Å². The number of rotatable bonds is 8. The Hall–Kier alpha value is -8.98. The van der Waals surface area contributed by atoms with Gasteiger partial charge in [0, 0.05) is 45.8 Å². The fourth-order valence-electron chi connectivity index (χ4n) is 12.4. The maximum Gasteiger partial charge on any atom is 0.0732 e. The Labute approximate surface area is 415 Å². The summed E-state index contributed by atoms with van der Waals surface area (Å²) >= 11 is 0. The molecule has 2 nitrogen and oxygen atoms in total. The first kappa shape index (κ1) is 41.0. The number of allylic oxidation sites excluding steroid dienone is 8. The molecule has 334 valence electrons. The number of fused-ring (bicyclic) bond motifs is 13. The van der Waals surface area contributed by atoms with Crippen LogP contribution in [-0.4, -0.2) is 0 Å². The van der Waals surface area contributed by atoms with Crippen molar-refractivity contribution in [2.24, 2.45) is 11.8 Å². The summed E-state index contributed by atoms with van der Waals surface area (Å²) in [4.78, 5) is 4.91. The quantitative estimate of drug-likeness (QED) is 0.150. The van der Waals surface area contributed by atoms with Crippen molar-refractivity contribution in [1.29, 1.82) is 0 Å². The molecule has 4 aliphatic rings. The fraction of sp³-hybridized carbons (Fsp3) is 0.0435. The van der Waals surface area contributed by atoms with E-state index in [0.717, 1.165) is 34.1 Å². The molecular weight excluding hydrogens is 857 g/mol. The van der Waals surface area contributed by atoms with Gasteiger partial charge in [0.2, 0.25) is 0 Å². The molecule has 0 aromatic heterocycles. The zero-order valence-corrected chi connectivity index (χ0v) is 39.1. The first-order chi connectivity index (χ1) is 35.2. The van der Waals surface area contributed by atoms with Gasteiger partial charge in [-0.25, -0.2) is 0 Å². The lowest BCUT2D eigenvalue weighted by Gasteiger charge is -2.33. The lowest BCUT2D eigenvalue weighted by Crippen LogP contribution is -2.26. The molecule has 10 aromatic rings. The van der Waals surface area contributed by atoms with Crippen LogP contribution in [0, 0.1) is 11.8 Å². The monoisotopic (exact) mass is 904 g/mol. The molecule has 0 bridgehead atoms. The van der Waals surface area contributed by atoms with E-state index in [-0.39, 0.29) is 5.92 Å². The van der Waals surface area contributed by atoms with Gasteiger partial charge in [-0.1, -0.05) is 218 Å². The summed E-state index contributed by atoms with van der Waals surface area (Å²) in [5.41, 5.74) is 21.4. The molecule has 0 fully saturated rings. The third-order valence-electron chi connectivity index (χ3n) is 15.4. The first-order valence-corrected chi connectivity index (χ1v) is 24.8. The largest absolute Gasteiger partial charge is 0.310 e. The Morgan fingerprint density at radius 3 is 1.76 bits per heavy atom. The molecule has 2 heteroatoms. The van der Waals surface area contributed by atoms with E-state index in [4.69, 9.17) is 0 Å². The highest BCUT2D eigenvalue weighted by Gasteiger charge is 2.53. The van der Waals surface area contributed by atoms with Crippen LogP contribution in [0.15, 0.2) is 279 Å². The van der Waals surface area contributed by atoms with Gasteiger partial charge in [0.25, 0.3) is 0 Å². The summed E-state index contributed by atoms with van der Waals surface area (Å²) in [6.07, 6.45) is 15.9. The summed E-state index contributed by atoms with van der Waals surface area (Å²) < 4.78 is 0. The summed E-state index contributed by atoms with van der Waals surface area (Å²) in [6, 6.07) is 87.8. The van der Waals surface area contributed by atoms with Gasteiger partial charge in [-0.15, -0.1) is 0 Å². The highest BCUT2D eigenvalue weighted by atomic mass is 15.2. The van der Waals surface area contributed by atoms with Crippen molar-refractivity contribution in [3.05, 3.63) is 307 Å². The predicted molar refractivity (Wildman–Crippen MR) is 297 cm³/mol. The Morgan fingerprint density at radius 1 is 0.352 bits per heavy atom. The summed E-state index contributed by atoms with van der Waals surface area (Å²) in [6.45, 7) is 0. The standard InChI is InChI=1S/C69H48N2/c1-3-19-47(20-4-1)48-39-42-53(43-40-48)70(52-25-5-2-6-26-52)55-28-17-29-56(46-55)71(54-27-15-24-51(45-54)58-34-16-23-49-21-7-9-30-57(49)58)66-38-18-37-65-67(66)62-33-12-14-36-64(62)69(65)63-35-13-11-32-60(63)61-44-41-50-22-8-10-31-59(50)68(61)69/h1-46,49,57H. The van der Waals surface area contributed by atoms with Gasteiger partial charge in [0.15, 0.2) is 0 Å². The molecule has 0 saturated heterocycles. The molecule has 1 spiro atoms. The zero-order valence-electron chi connectivity index (χ0n) is 39.1. The molecule has 14 rings (SSSR count). The van der Waals surface area contributed by atoms with Crippen molar-refractivity contribution in [1.82, 2.24) is 0 Å². The fourth-order valence-corrected chi connectivity index (χ4v) is 12.4. The molecule has 4 aliphatic carbocycles. The maximum atomic E-state index is 2.53. The van der Waals surface area contributed by atoms with E-state index in [1.165, 1.54) is 77.5 Å². The second-order valence-electron chi connectivity index (χ2n) is 19.1. The van der Waals surface area contributed by atoms with Crippen molar-refractivity contribution in [2.45, 2.75) is 5.41 Å². The third-order valence-corrected chi connectivity index (χ3v) is 15.4. The van der Waals surface area contributed by atoms with Gasteiger partial charge in [0.05, 0.1) is 11.1 Å². The Balaban J connectivity index is 1.01. The Morgan fingerprint density at radius 2 is 0.930 bits per heavy atom. The Bertz CT molecular complexity index is 3840. The minimum atomic E-state index is -0.533. The molecule has 0 amide bonds. The normalized spacial score (nSPS) is 17.5. The van der Waals surface area contributed by atoms with Crippen molar-refractivity contribution in [3.63, 3.8) is 0 Å². The van der Waals surface area contributed by atoms with Gasteiger partial charge in [0.1, 0.15) is 0 Å². The topological polar surface area (TPSA) is 6.48 Å². The molecular formula is C69H48N2. The molecule has 0 aliphatic heterocycles. The van der Waals surface area contributed by atoms with Crippen LogP contribution < -0.4 is 9.80 Å². The highest BCUT2D eigenvalue weighted by Crippen LogP contribution is 2.66. The second kappa shape index (κ2) is 16.6. The molecule has 3 unspecified atom stereocenters. The maximum absolute atomic E-state index is 2.53. The molecule has 71 heavy (non-hydrogen) atoms. The second-order valence-corrected chi connectivity index (χ2v) is 19.1. The van der Waals surface area contributed by atoms with E-state index < -0.39 is 5.41 Å². The summed E-state index contributed by atoms with van der Waals surface area (Å²) in [5, 5.41) is 2.55. The van der Waals surface area contributed by atoms with Crippen LogP contribution in [-0.2, 0) is 5.41 Å². The number of hydrogen-bond acceptors (Lipinski definition) is 2. The average molecular weight is 905 g/mol. The van der Waals surface area contributed by atoms with Crippen LogP contribution in [0.2, 0.25) is 0 Å². The minimum absolute atomic E-state index is 0.273. The van der Waals surface area contributed by atoms with Crippen LogP contribution in [0.3, 0.4) is 0 Å². The minimum Gasteiger partial charge on any atom is -0.310 e. The first-order valence-electron chi connectivity index (χ1n) is 24.8. The SMILES string of the molecule is C1=CC2C=CC=C(c3cccc(N(c4cccc(N(c5ccccc5)c5ccc(-c6ccccc6)cc5)c4)c4cccc5c4-c4ccccc4C54c5ccccc5-c5ccc6ccccc6c54)c3)C2C=C1. The van der Waals surface area contributed by atoms with Crippen LogP contribution in [0.1, 0.15) is 27.8 Å². The number of para-hydroxylation sites is 1. The van der Waals surface area contributed by atoms with E-state index in [1.54, 1.807) is 0 Å². The van der Waals surface area contributed by atoms with Crippen LogP contribution in [0.5, 0.6) is 0 Å². The average Bonchev–Trinajstić information content (AvgIpc) is 3.93. The predicted octanol–water partition coefficient (Wildman–Crippen LogP) is 18.1. The van der Waals surface area contributed by atoms with E-state index >= 15 is 0 Å². The lowest BCUT2D eigenvalue weighted by molar-refractivity contribution is 0.678. The Kier molecular flexibility index (Phi) is 9.60. The van der Waals surface area contributed by atoms with Gasteiger partial charge >= 0.3 is 0 Å². The molecule has 0 saturated carbocycles. The molecule has 0 radical (unpaired) electrons. The van der Waals surface area contributed by atoms with Crippen LogP contribution in [0.25, 0.3) is 49.7 Å². The molecule has 0 N–H and O–H groups in total. The summed E-state index contributed by atoms with van der Waals surface area (Å²) in [7, 11) is 0. The number of nitrogens with zero attached hydrogens (tertiary/aromatic N) is 2. The van der Waals surface area contributed by atoms with Crippen molar-refractivity contribution in [3.8, 4) is 33.4 Å². The van der Waals surface area contributed by atoms with E-state index in [0.29, 0.717) is 5.92 Å². The van der Waals surface area contributed by atoms with Crippen molar-refractivity contribution >= 4 is 50.5 Å². The number of benzene rings is 10. The molecule has 10 aromatic carbocycles. The lowest BCUT2D eigenvalue weighted by atomic mass is 9.69. The molecule has 0 heterocycles. The van der Waals surface area contributed by atoms with Gasteiger partial charge in [-0.3, -0.25) is 0 Å².